The van der Waals surface area contributed by atoms with Crippen LogP contribution in [-0.2, 0) is 14.9 Å². The first-order valence-corrected chi connectivity index (χ1v) is 17.3. The predicted molar refractivity (Wildman–Crippen MR) is 191 cm³/mol. The van der Waals surface area contributed by atoms with Crippen LogP contribution in [-0.4, -0.2) is 52.8 Å². The number of nitrogens with one attached hydrogen (secondary N) is 4. The van der Waals surface area contributed by atoms with Crippen LogP contribution in [0, 0.1) is 10.8 Å². The molecule has 50 heavy (non-hydrogen) atoms. The molecule has 1 aliphatic carbocycles. The van der Waals surface area contributed by atoms with Crippen LogP contribution in [0.15, 0.2) is 66.9 Å². The maximum absolute atomic E-state index is 13.6. The zero-order chi connectivity index (χ0) is 35.3. The van der Waals surface area contributed by atoms with E-state index in [2.05, 4.69) is 31.4 Å². The third-order valence-corrected chi connectivity index (χ3v) is 9.08. The Bertz CT molecular complexity index is 1880. The lowest BCUT2D eigenvalue weighted by molar-refractivity contribution is -0.165. The van der Waals surface area contributed by atoms with E-state index in [0.29, 0.717) is 54.1 Å². The van der Waals surface area contributed by atoms with E-state index in [0.717, 1.165) is 49.0 Å². The second kappa shape index (κ2) is 15.5. The van der Waals surface area contributed by atoms with Gasteiger partial charge in [-0.15, -0.1) is 0 Å². The SMILES string of the molecule is CC(C)(C)c1cc(NC(=O)N[C@H]2CC[C@@H](Oc3ccc(=N)n(C=N)c3)c3ccccc32)n(-c2ccc(Cl)c(OCCOC3CCCCO3)c2)n1. The van der Waals surface area contributed by atoms with Crippen molar-refractivity contribution in [1.29, 1.82) is 10.8 Å². The number of anilines is 1. The number of aromatic nitrogens is 3. The summed E-state index contributed by atoms with van der Waals surface area (Å²) in [5, 5.41) is 27.0. The molecule has 3 atom stereocenters. The van der Waals surface area contributed by atoms with Crippen LogP contribution in [0.2, 0.25) is 5.02 Å². The first kappa shape index (κ1) is 35.2. The minimum Gasteiger partial charge on any atom is -0.490 e. The normalized spacial score (nSPS) is 18.9. The standard InChI is InChI=1S/C37H44ClN7O5/c1-37(2,3)32-21-34(45(43-32)24-11-13-28(38)31(20-24)47-18-19-49-35-10-6-7-17-48-35)42-36(46)41-29-14-15-30(27-9-5-4-8-26(27)29)50-25-12-16-33(40)44(22-25)23-39/h4-5,8-9,11-13,16,20-23,29-30,35,39-40H,6-7,10,14-15,17-19H2,1-3H3,(H2,41,42,46)/t29-,30+,35?/m0/s1. The van der Waals surface area contributed by atoms with Gasteiger partial charge in [-0.05, 0) is 67.5 Å². The number of carbonyl (C=O) groups excluding carboxylic acids is 1. The van der Waals surface area contributed by atoms with Crippen LogP contribution in [0.4, 0.5) is 10.6 Å². The minimum atomic E-state index is -0.364. The fourth-order valence-corrected chi connectivity index (χ4v) is 6.28. The van der Waals surface area contributed by atoms with E-state index in [1.54, 1.807) is 35.1 Å². The van der Waals surface area contributed by atoms with Gasteiger partial charge in [-0.2, -0.15) is 5.10 Å². The summed E-state index contributed by atoms with van der Waals surface area (Å²) in [6.45, 7) is 7.60. The monoisotopic (exact) mass is 701 g/mol. The van der Waals surface area contributed by atoms with Crippen LogP contribution in [0.1, 0.15) is 81.8 Å². The van der Waals surface area contributed by atoms with Gasteiger partial charge in [-0.1, -0.05) is 56.6 Å². The summed E-state index contributed by atoms with van der Waals surface area (Å²) in [5.41, 5.74) is 3.34. The van der Waals surface area contributed by atoms with Crippen molar-refractivity contribution >= 4 is 29.8 Å². The molecular weight excluding hydrogens is 658 g/mol. The zero-order valence-electron chi connectivity index (χ0n) is 28.6. The van der Waals surface area contributed by atoms with Gasteiger partial charge in [0, 0.05) is 24.2 Å². The van der Waals surface area contributed by atoms with E-state index < -0.39 is 0 Å². The number of hydrogen-bond acceptors (Lipinski definition) is 8. The summed E-state index contributed by atoms with van der Waals surface area (Å²) in [7, 11) is 0. The highest BCUT2D eigenvalue weighted by molar-refractivity contribution is 6.32. The van der Waals surface area contributed by atoms with Crippen molar-refractivity contribution < 1.29 is 23.7 Å². The van der Waals surface area contributed by atoms with Crippen molar-refractivity contribution in [2.75, 3.05) is 25.1 Å². The number of ether oxygens (including phenoxy) is 4. The average molecular weight is 702 g/mol. The van der Waals surface area contributed by atoms with Gasteiger partial charge in [0.25, 0.3) is 0 Å². The summed E-state index contributed by atoms with van der Waals surface area (Å²) in [6, 6.07) is 17.9. The second-order valence-corrected chi connectivity index (χ2v) is 13.9. The zero-order valence-corrected chi connectivity index (χ0v) is 29.3. The van der Waals surface area contributed by atoms with Crippen molar-refractivity contribution in [3.8, 4) is 17.2 Å². The largest absolute Gasteiger partial charge is 0.490 e. The van der Waals surface area contributed by atoms with E-state index >= 15 is 0 Å². The van der Waals surface area contributed by atoms with Crippen molar-refractivity contribution in [1.82, 2.24) is 19.7 Å². The highest BCUT2D eigenvalue weighted by atomic mass is 35.5. The molecule has 1 unspecified atom stereocenters. The van der Waals surface area contributed by atoms with E-state index in [1.807, 2.05) is 36.4 Å². The molecule has 0 bridgehead atoms. The van der Waals surface area contributed by atoms with Crippen molar-refractivity contribution in [2.24, 2.45) is 0 Å². The Labute approximate surface area is 296 Å². The molecule has 264 valence electrons. The Balaban J connectivity index is 1.16. The molecule has 2 aliphatic rings. The van der Waals surface area contributed by atoms with Crippen LogP contribution in [0.25, 0.3) is 5.69 Å². The van der Waals surface area contributed by atoms with E-state index in [-0.39, 0.29) is 35.4 Å². The van der Waals surface area contributed by atoms with Crippen LogP contribution >= 0.6 is 11.6 Å². The van der Waals surface area contributed by atoms with E-state index in [4.69, 9.17) is 46.5 Å². The number of urea groups is 1. The molecule has 0 spiro atoms. The highest BCUT2D eigenvalue weighted by Gasteiger charge is 2.30. The quantitative estimate of drug-likeness (QED) is 0.0735. The molecule has 2 amide bonds. The number of benzene rings is 2. The van der Waals surface area contributed by atoms with E-state index in [1.165, 1.54) is 4.57 Å². The lowest BCUT2D eigenvalue weighted by Crippen LogP contribution is -2.36. The molecule has 3 heterocycles. The molecule has 1 fully saturated rings. The lowest BCUT2D eigenvalue weighted by atomic mass is 9.85. The van der Waals surface area contributed by atoms with Gasteiger partial charge in [0.1, 0.15) is 35.5 Å². The molecule has 0 saturated carbocycles. The summed E-state index contributed by atoms with van der Waals surface area (Å²) >= 11 is 6.51. The second-order valence-electron chi connectivity index (χ2n) is 13.5. The Morgan fingerprint density at radius 3 is 2.64 bits per heavy atom. The molecule has 1 aliphatic heterocycles. The molecule has 12 nitrogen and oxygen atoms in total. The molecule has 6 rings (SSSR count). The Morgan fingerprint density at radius 2 is 1.88 bits per heavy atom. The molecule has 2 aromatic carbocycles. The number of rotatable bonds is 11. The fraction of sp³-hybridized carbons (Fsp3) is 0.405. The van der Waals surface area contributed by atoms with Crippen molar-refractivity contribution in [3.63, 3.8) is 0 Å². The van der Waals surface area contributed by atoms with Gasteiger partial charge >= 0.3 is 6.03 Å². The maximum atomic E-state index is 13.6. The maximum Gasteiger partial charge on any atom is 0.320 e. The third-order valence-electron chi connectivity index (χ3n) is 8.77. The topological polar surface area (TPSA) is 148 Å². The van der Waals surface area contributed by atoms with Crippen LogP contribution < -0.4 is 25.6 Å². The molecule has 13 heteroatoms. The molecule has 4 N–H and O–H groups in total. The predicted octanol–water partition coefficient (Wildman–Crippen LogP) is 7.26. The summed E-state index contributed by atoms with van der Waals surface area (Å²) < 4.78 is 26.8. The molecular formula is C37H44ClN7O5. The first-order valence-electron chi connectivity index (χ1n) is 17.0. The Kier molecular flexibility index (Phi) is 10.9. The number of amides is 2. The van der Waals surface area contributed by atoms with Gasteiger partial charge in [0.15, 0.2) is 6.29 Å². The van der Waals surface area contributed by atoms with Crippen molar-refractivity contribution in [2.45, 2.75) is 76.7 Å². The van der Waals surface area contributed by atoms with Gasteiger partial charge in [-0.25, -0.2) is 9.48 Å². The number of nitrogens with zero attached hydrogens (tertiary/aromatic N) is 3. The number of halogens is 1. The molecule has 1 saturated heterocycles. The molecule has 2 aromatic heterocycles. The smallest absolute Gasteiger partial charge is 0.320 e. The van der Waals surface area contributed by atoms with Crippen LogP contribution in [0.5, 0.6) is 11.5 Å². The number of carbonyl (C=O) groups is 1. The summed E-state index contributed by atoms with van der Waals surface area (Å²) in [4.78, 5) is 13.6. The van der Waals surface area contributed by atoms with Gasteiger partial charge in [-0.3, -0.25) is 20.7 Å². The summed E-state index contributed by atoms with van der Waals surface area (Å²) in [6.07, 6.45) is 6.61. The van der Waals surface area contributed by atoms with Crippen molar-refractivity contribution in [3.05, 3.63) is 94.2 Å². The Morgan fingerprint density at radius 1 is 1.06 bits per heavy atom. The molecule has 4 aromatic rings. The Hall–Kier alpha value is -4.65. The van der Waals surface area contributed by atoms with Crippen LogP contribution in [0.3, 0.4) is 0 Å². The first-order chi connectivity index (χ1) is 24.1. The fourth-order valence-electron chi connectivity index (χ4n) is 6.11. The van der Waals surface area contributed by atoms with Gasteiger partial charge in [0.2, 0.25) is 0 Å². The number of hydrogen-bond donors (Lipinski definition) is 4. The third kappa shape index (κ3) is 8.38. The number of fused-ring (bicyclic) bond motifs is 1. The van der Waals surface area contributed by atoms with E-state index in [9.17, 15) is 4.79 Å². The molecule has 0 radical (unpaired) electrons. The highest BCUT2D eigenvalue weighted by Crippen LogP contribution is 2.39. The van der Waals surface area contributed by atoms with Gasteiger partial charge in [0.05, 0.1) is 41.6 Å². The number of pyridine rings is 1. The summed E-state index contributed by atoms with van der Waals surface area (Å²) in [5.74, 6) is 1.55. The van der Waals surface area contributed by atoms with Gasteiger partial charge < -0.3 is 24.3 Å². The minimum absolute atomic E-state index is 0.193. The lowest BCUT2D eigenvalue weighted by Gasteiger charge is -2.32. The average Bonchev–Trinajstić information content (AvgIpc) is 3.54.